The molecule has 0 saturated heterocycles. The van der Waals surface area contributed by atoms with Crippen LogP contribution in [0.4, 0.5) is 10.5 Å². The monoisotopic (exact) mass is 319 g/mol. The Bertz CT molecular complexity index is 737. The molecule has 6 heteroatoms. The van der Waals surface area contributed by atoms with Crippen LogP contribution in [0.2, 0.25) is 0 Å². The summed E-state index contributed by atoms with van der Waals surface area (Å²) < 4.78 is 29.1. The maximum Gasteiger partial charge on any atom is 0.417 e. The number of ether oxygens (including phenoxy) is 1. The van der Waals surface area contributed by atoms with E-state index in [0.29, 0.717) is 11.4 Å². The zero-order valence-electron chi connectivity index (χ0n) is 12.3. The van der Waals surface area contributed by atoms with Crippen molar-refractivity contribution >= 4 is 21.6 Å². The van der Waals surface area contributed by atoms with E-state index in [2.05, 4.69) is 5.32 Å². The first-order chi connectivity index (χ1) is 10.4. The minimum atomic E-state index is -3.31. The SMILES string of the molecule is CC(C)S(=O)(=O)c1ccc(NC(=O)Oc2ccccc2)cc1. The molecule has 0 bridgehead atoms. The van der Waals surface area contributed by atoms with Crippen LogP contribution >= 0.6 is 0 Å². The first kappa shape index (κ1) is 16.0. The molecule has 0 atom stereocenters. The van der Waals surface area contributed by atoms with Crippen molar-refractivity contribution in [1.82, 2.24) is 0 Å². The van der Waals surface area contributed by atoms with Crippen LogP contribution in [0.5, 0.6) is 5.75 Å². The van der Waals surface area contributed by atoms with E-state index < -0.39 is 21.2 Å². The molecule has 0 aliphatic heterocycles. The summed E-state index contributed by atoms with van der Waals surface area (Å²) in [7, 11) is -3.31. The number of hydrogen-bond acceptors (Lipinski definition) is 4. The third-order valence-electron chi connectivity index (χ3n) is 3.00. The number of anilines is 1. The molecule has 0 aromatic heterocycles. The molecule has 2 aromatic rings. The van der Waals surface area contributed by atoms with Crippen molar-refractivity contribution in [3.05, 3.63) is 54.6 Å². The predicted molar refractivity (Wildman–Crippen MR) is 84.9 cm³/mol. The highest BCUT2D eigenvalue weighted by Gasteiger charge is 2.18. The molecule has 0 heterocycles. The van der Waals surface area contributed by atoms with Crippen LogP contribution in [0.25, 0.3) is 0 Å². The average Bonchev–Trinajstić information content (AvgIpc) is 2.48. The molecule has 0 aliphatic rings. The fourth-order valence-corrected chi connectivity index (χ4v) is 2.80. The molecule has 2 aromatic carbocycles. The lowest BCUT2D eigenvalue weighted by molar-refractivity contribution is 0.215. The molecule has 0 spiro atoms. The highest BCUT2D eigenvalue weighted by atomic mass is 32.2. The maximum atomic E-state index is 12.0. The molecule has 0 fully saturated rings. The fourth-order valence-electron chi connectivity index (χ4n) is 1.74. The zero-order chi connectivity index (χ0) is 16.2. The summed E-state index contributed by atoms with van der Waals surface area (Å²) in [4.78, 5) is 11.9. The average molecular weight is 319 g/mol. The molecule has 2 rings (SSSR count). The van der Waals surface area contributed by atoms with Crippen molar-refractivity contribution in [2.45, 2.75) is 24.0 Å². The minimum Gasteiger partial charge on any atom is -0.410 e. The van der Waals surface area contributed by atoms with E-state index in [1.807, 2.05) is 6.07 Å². The Labute approximate surface area is 129 Å². The van der Waals surface area contributed by atoms with Crippen LogP contribution in [0.1, 0.15) is 13.8 Å². The van der Waals surface area contributed by atoms with Gasteiger partial charge in [0.05, 0.1) is 10.1 Å². The summed E-state index contributed by atoms with van der Waals surface area (Å²) in [5, 5.41) is 2.05. The number of sulfone groups is 1. The van der Waals surface area contributed by atoms with Crippen LogP contribution in [0.3, 0.4) is 0 Å². The number of para-hydroxylation sites is 1. The van der Waals surface area contributed by atoms with E-state index in [9.17, 15) is 13.2 Å². The summed E-state index contributed by atoms with van der Waals surface area (Å²) in [5.74, 6) is 0.430. The number of benzene rings is 2. The van der Waals surface area contributed by atoms with Gasteiger partial charge in [-0.2, -0.15) is 0 Å². The molecule has 0 unspecified atom stereocenters. The largest absolute Gasteiger partial charge is 0.417 e. The van der Waals surface area contributed by atoms with Crippen LogP contribution in [-0.4, -0.2) is 19.8 Å². The second kappa shape index (κ2) is 6.62. The molecular formula is C16H17NO4S. The van der Waals surface area contributed by atoms with Gasteiger partial charge in [0.1, 0.15) is 5.75 Å². The summed E-state index contributed by atoms with van der Waals surface area (Å²) in [6.45, 7) is 3.25. The first-order valence-corrected chi connectivity index (χ1v) is 8.32. The predicted octanol–water partition coefficient (Wildman–Crippen LogP) is 3.48. The lowest BCUT2D eigenvalue weighted by atomic mass is 10.3. The smallest absolute Gasteiger partial charge is 0.410 e. The van der Waals surface area contributed by atoms with Gasteiger partial charge in [-0.1, -0.05) is 18.2 Å². The van der Waals surface area contributed by atoms with E-state index >= 15 is 0 Å². The van der Waals surface area contributed by atoms with Gasteiger partial charge in [-0.25, -0.2) is 13.2 Å². The number of rotatable bonds is 4. The number of carbonyl (C=O) groups excluding carboxylic acids is 1. The number of amides is 1. The maximum absolute atomic E-state index is 12.0. The van der Waals surface area contributed by atoms with E-state index in [4.69, 9.17) is 4.74 Å². The topological polar surface area (TPSA) is 72.5 Å². The molecule has 22 heavy (non-hydrogen) atoms. The van der Waals surface area contributed by atoms with Crippen molar-refractivity contribution in [3.8, 4) is 5.75 Å². The van der Waals surface area contributed by atoms with Gasteiger partial charge in [-0.15, -0.1) is 0 Å². The molecule has 116 valence electrons. The second-order valence-electron chi connectivity index (χ2n) is 4.95. The van der Waals surface area contributed by atoms with Crippen LogP contribution in [0, 0.1) is 0 Å². The summed E-state index contributed by atoms with van der Waals surface area (Å²) in [5.41, 5.74) is 0.462. The Morgan fingerprint density at radius 3 is 2.14 bits per heavy atom. The van der Waals surface area contributed by atoms with Crippen LogP contribution in [0.15, 0.2) is 59.5 Å². The summed E-state index contributed by atoms with van der Waals surface area (Å²) in [6, 6.07) is 14.7. The van der Waals surface area contributed by atoms with Crippen LogP contribution < -0.4 is 10.1 Å². The lowest BCUT2D eigenvalue weighted by Gasteiger charge is -2.09. The van der Waals surface area contributed by atoms with E-state index in [1.54, 1.807) is 38.1 Å². The van der Waals surface area contributed by atoms with Gasteiger partial charge in [-0.3, -0.25) is 5.32 Å². The van der Waals surface area contributed by atoms with Gasteiger partial charge in [-0.05, 0) is 50.2 Å². The number of carbonyl (C=O) groups is 1. The molecule has 0 aliphatic carbocycles. The lowest BCUT2D eigenvalue weighted by Crippen LogP contribution is -2.17. The highest BCUT2D eigenvalue weighted by molar-refractivity contribution is 7.92. The Morgan fingerprint density at radius 2 is 1.59 bits per heavy atom. The van der Waals surface area contributed by atoms with Gasteiger partial charge >= 0.3 is 6.09 Å². The third-order valence-corrected chi connectivity index (χ3v) is 5.17. The molecule has 0 radical (unpaired) electrons. The molecule has 5 nitrogen and oxygen atoms in total. The molecule has 1 N–H and O–H groups in total. The van der Waals surface area contributed by atoms with E-state index in [-0.39, 0.29) is 4.90 Å². The number of nitrogens with one attached hydrogen (secondary N) is 1. The second-order valence-corrected chi connectivity index (χ2v) is 7.45. The Morgan fingerprint density at radius 1 is 1.00 bits per heavy atom. The van der Waals surface area contributed by atoms with E-state index in [1.165, 1.54) is 24.3 Å². The Kier molecular flexibility index (Phi) is 4.82. The molecule has 1 amide bonds. The van der Waals surface area contributed by atoms with E-state index in [0.717, 1.165) is 0 Å². The Balaban J connectivity index is 2.04. The quantitative estimate of drug-likeness (QED) is 0.936. The van der Waals surface area contributed by atoms with Crippen molar-refractivity contribution < 1.29 is 17.9 Å². The van der Waals surface area contributed by atoms with Gasteiger partial charge < -0.3 is 4.74 Å². The van der Waals surface area contributed by atoms with Crippen molar-refractivity contribution in [2.75, 3.05) is 5.32 Å². The molecule has 0 saturated carbocycles. The summed E-state index contributed by atoms with van der Waals surface area (Å²) in [6.07, 6.45) is -0.634. The first-order valence-electron chi connectivity index (χ1n) is 6.77. The third kappa shape index (κ3) is 3.85. The van der Waals surface area contributed by atoms with Gasteiger partial charge in [0.15, 0.2) is 9.84 Å². The Hall–Kier alpha value is -2.34. The van der Waals surface area contributed by atoms with Crippen LogP contribution in [-0.2, 0) is 9.84 Å². The fraction of sp³-hybridized carbons (Fsp3) is 0.188. The van der Waals surface area contributed by atoms with Gasteiger partial charge in [0, 0.05) is 5.69 Å². The normalized spacial score (nSPS) is 11.2. The number of hydrogen-bond donors (Lipinski definition) is 1. The zero-order valence-corrected chi connectivity index (χ0v) is 13.1. The van der Waals surface area contributed by atoms with Gasteiger partial charge in [0.2, 0.25) is 0 Å². The minimum absolute atomic E-state index is 0.226. The highest BCUT2D eigenvalue weighted by Crippen LogP contribution is 2.19. The van der Waals surface area contributed by atoms with Crippen molar-refractivity contribution in [3.63, 3.8) is 0 Å². The van der Waals surface area contributed by atoms with Crippen molar-refractivity contribution in [1.29, 1.82) is 0 Å². The summed E-state index contributed by atoms with van der Waals surface area (Å²) >= 11 is 0. The van der Waals surface area contributed by atoms with Crippen molar-refractivity contribution in [2.24, 2.45) is 0 Å². The molecular weight excluding hydrogens is 302 g/mol. The van der Waals surface area contributed by atoms with Gasteiger partial charge in [0.25, 0.3) is 0 Å². The standard InChI is InChI=1S/C16H17NO4S/c1-12(2)22(19,20)15-10-8-13(9-11-15)17-16(18)21-14-6-4-3-5-7-14/h3-12H,1-2H3,(H,17,18).